The molecular formula is C15H17F2NO6. The molecule has 1 atom stereocenters. The quantitative estimate of drug-likeness (QED) is 0.597. The number of amides is 1. The number of alkyl carbamates (subject to hydrolysis) is 1. The molecule has 0 aliphatic heterocycles. The molecule has 1 amide bonds. The van der Waals surface area contributed by atoms with Crippen LogP contribution in [0.4, 0.5) is 13.6 Å². The lowest BCUT2D eigenvalue weighted by Gasteiger charge is -2.20. The molecule has 1 rings (SSSR count). The van der Waals surface area contributed by atoms with E-state index in [9.17, 15) is 23.2 Å². The zero-order chi connectivity index (χ0) is 18.2. The minimum atomic E-state index is -3.97. The third-order valence-electron chi connectivity index (χ3n) is 2.94. The van der Waals surface area contributed by atoms with Crippen molar-refractivity contribution in [3.63, 3.8) is 0 Å². The van der Waals surface area contributed by atoms with Crippen LogP contribution in [0.1, 0.15) is 12.0 Å². The molecule has 7 nitrogen and oxygen atoms in total. The van der Waals surface area contributed by atoms with Gasteiger partial charge in [0.15, 0.2) is 0 Å². The van der Waals surface area contributed by atoms with Gasteiger partial charge in [-0.2, -0.15) is 8.78 Å². The number of hydrogen-bond donors (Lipinski definition) is 1. The summed E-state index contributed by atoms with van der Waals surface area (Å²) in [6.07, 6.45) is -2.41. The van der Waals surface area contributed by atoms with E-state index in [1.165, 1.54) is 0 Å². The van der Waals surface area contributed by atoms with E-state index in [1.807, 2.05) is 5.32 Å². The van der Waals surface area contributed by atoms with Crippen molar-refractivity contribution in [3.05, 3.63) is 35.9 Å². The predicted octanol–water partition coefficient (Wildman–Crippen LogP) is 1.65. The van der Waals surface area contributed by atoms with Crippen molar-refractivity contribution in [2.45, 2.75) is 25.0 Å². The molecular weight excluding hydrogens is 328 g/mol. The van der Waals surface area contributed by atoms with Crippen LogP contribution in [-0.4, -0.2) is 44.2 Å². The Hall–Kier alpha value is -2.71. The third-order valence-corrected chi connectivity index (χ3v) is 2.94. The fraction of sp³-hybridized carbons (Fsp3) is 0.400. The smallest absolute Gasteiger partial charge is 0.408 e. The lowest BCUT2D eigenvalue weighted by molar-refractivity contribution is -0.171. The minimum Gasteiger partial charge on any atom is -0.467 e. The average molecular weight is 345 g/mol. The van der Waals surface area contributed by atoms with Crippen molar-refractivity contribution in [3.8, 4) is 0 Å². The normalized spacial score (nSPS) is 12.0. The molecule has 0 radical (unpaired) electrons. The summed E-state index contributed by atoms with van der Waals surface area (Å²) in [6.45, 7) is -0.117. The summed E-state index contributed by atoms with van der Waals surface area (Å²) in [5, 5.41) is 1.95. The minimum absolute atomic E-state index is 0.117. The molecule has 0 aliphatic carbocycles. The first-order valence-electron chi connectivity index (χ1n) is 6.81. The van der Waals surface area contributed by atoms with Crippen LogP contribution in [0, 0.1) is 0 Å². The van der Waals surface area contributed by atoms with Gasteiger partial charge in [0.25, 0.3) is 0 Å². The first-order chi connectivity index (χ1) is 11.3. The zero-order valence-corrected chi connectivity index (χ0v) is 13.1. The maximum absolute atomic E-state index is 13.6. The van der Waals surface area contributed by atoms with Crippen molar-refractivity contribution >= 4 is 18.0 Å². The van der Waals surface area contributed by atoms with E-state index in [1.54, 1.807) is 30.3 Å². The molecule has 0 saturated heterocycles. The number of carbonyl (C=O) groups excluding carboxylic acids is 3. The number of carbonyl (C=O) groups is 3. The number of esters is 2. The zero-order valence-electron chi connectivity index (χ0n) is 13.1. The molecule has 132 valence electrons. The van der Waals surface area contributed by atoms with Crippen LogP contribution >= 0.6 is 0 Å². The third kappa shape index (κ3) is 5.82. The van der Waals surface area contributed by atoms with Crippen LogP contribution in [0.3, 0.4) is 0 Å². The van der Waals surface area contributed by atoms with Crippen LogP contribution in [0.2, 0.25) is 0 Å². The standard InChI is InChI=1S/C15H17F2NO6/c1-22-12(19)11(8-15(16,17)13(20)23-2)18-14(21)24-9-10-6-4-3-5-7-10/h3-7,11H,8-9H2,1-2H3,(H,18,21). The summed E-state index contributed by atoms with van der Waals surface area (Å²) in [5.41, 5.74) is 0.669. The lowest BCUT2D eigenvalue weighted by atomic mass is 10.1. The number of benzene rings is 1. The number of rotatable bonds is 7. The van der Waals surface area contributed by atoms with Crippen molar-refractivity contribution in [1.82, 2.24) is 5.32 Å². The second kappa shape index (κ2) is 8.80. The largest absolute Gasteiger partial charge is 0.467 e. The van der Waals surface area contributed by atoms with Gasteiger partial charge in [-0.25, -0.2) is 14.4 Å². The molecule has 24 heavy (non-hydrogen) atoms. The molecule has 0 heterocycles. The maximum Gasteiger partial charge on any atom is 0.408 e. The van der Waals surface area contributed by atoms with Gasteiger partial charge >= 0.3 is 24.0 Å². The highest BCUT2D eigenvalue weighted by atomic mass is 19.3. The van der Waals surface area contributed by atoms with E-state index in [-0.39, 0.29) is 6.61 Å². The summed E-state index contributed by atoms with van der Waals surface area (Å²) in [6, 6.07) is 6.83. The van der Waals surface area contributed by atoms with Crippen molar-refractivity contribution < 1.29 is 37.4 Å². The van der Waals surface area contributed by atoms with Gasteiger partial charge in [-0.3, -0.25) is 0 Å². The summed E-state index contributed by atoms with van der Waals surface area (Å²) < 4.78 is 40.3. The highest BCUT2D eigenvalue weighted by molar-refractivity contribution is 5.83. The fourth-order valence-corrected chi connectivity index (χ4v) is 1.73. The van der Waals surface area contributed by atoms with Gasteiger partial charge in [0.1, 0.15) is 12.6 Å². The molecule has 0 fully saturated rings. The van der Waals surface area contributed by atoms with Gasteiger partial charge < -0.3 is 19.5 Å². The molecule has 0 bridgehead atoms. The van der Waals surface area contributed by atoms with E-state index >= 15 is 0 Å². The molecule has 1 unspecified atom stereocenters. The molecule has 1 aromatic rings. The molecule has 1 N–H and O–H groups in total. The van der Waals surface area contributed by atoms with Gasteiger partial charge in [-0.1, -0.05) is 30.3 Å². The summed E-state index contributed by atoms with van der Waals surface area (Å²) in [5.74, 6) is -6.94. The number of ether oxygens (including phenoxy) is 3. The van der Waals surface area contributed by atoms with Gasteiger partial charge in [0.2, 0.25) is 0 Å². The van der Waals surface area contributed by atoms with Crippen LogP contribution < -0.4 is 5.32 Å². The van der Waals surface area contributed by atoms with Crippen LogP contribution in [0.15, 0.2) is 30.3 Å². The Balaban J connectivity index is 2.67. The summed E-state index contributed by atoms with van der Waals surface area (Å²) >= 11 is 0. The van der Waals surface area contributed by atoms with Crippen molar-refractivity contribution in [1.29, 1.82) is 0 Å². The Labute approximate surface area is 136 Å². The van der Waals surface area contributed by atoms with Gasteiger partial charge in [0.05, 0.1) is 20.6 Å². The van der Waals surface area contributed by atoms with Gasteiger partial charge in [-0.15, -0.1) is 0 Å². The van der Waals surface area contributed by atoms with Crippen LogP contribution in [0.5, 0.6) is 0 Å². The maximum atomic E-state index is 13.6. The van der Waals surface area contributed by atoms with E-state index in [2.05, 4.69) is 9.47 Å². The first-order valence-corrected chi connectivity index (χ1v) is 6.81. The highest BCUT2D eigenvalue weighted by Crippen LogP contribution is 2.22. The van der Waals surface area contributed by atoms with Crippen LogP contribution in [-0.2, 0) is 30.4 Å². The fourth-order valence-electron chi connectivity index (χ4n) is 1.73. The molecule has 0 aromatic heterocycles. The van der Waals surface area contributed by atoms with Crippen molar-refractivity contribution in [2.24, 2.45) is 0 Å². The summed E-state index contributed by atoms with van der Waals surface area (Å²) in [4.78, 5) is 34.2. The van der Waals surface area contributed by atoms with E-state index in [0.717, 1.165) is 14.2 Å². The number of hydrogen-bond acceptors (Lipinski definition) is 6. The van der Waals surface area contributed by atoms with Crippen molar-refractivity contribution in [2.75, 3.05) is 14.2 Å². The number of nitrogens with one attached hydrogen (secondary N) is 1. The second-order valence-corrected chi connectivity index (χ2v) is 4.68. The number of halogens is 2. The molecule has 1 aromatic carbocycles. The number of alkyl halides is 2. The Kier molecular flexibility index (Phi) is 7.09. The summed E-state index contributed by atoms with van der Waals surface area (Å²) in [7, 11) is 1.74. The van der Waals surface area contributed by atoms with E-state index in [0.29, 0.717) is 5.56 Å². The molecule has 0 spiro atoms. The topological polar surface area (TPSA) is 90.9 Å². The molecule has 0 aliphatic rings. The Morgan fingerprint density at radius 1 is 1.12 bits per heavy atom. The van der Waals surface area contributed by atoms with Gasteiger partial charge in [-0.05, 0) is 5.56 Å². The highest BCUT2D eigenvalue weighted by Gasteiger charge is 2.45. The average Bonchev–Trinajstić information content (AvgIpc) is 2.58. The Morgan fingerprint density at radius 2 is 1.75 bits per heavy atom. The monoisotopic (exact) mass is 345 g/mol. The van der Waals surface area contributed by atoms with Gasteiger partial charge in [0, 0.05) is 0 Å². The Morgan fingerprint density at radius 3 is 2.29 bits per heavy atom. The number of methoxy groups -OCH3 is 2. The second-order valence-electron chi connectivity index (χ2n) is 4.68. The first kappa shape index (κ1) is 19.3. The Bertz CT molecular complexity index is 579. The lowest BCUT2D eigenvalue weighted by Crippen LogP contribution is -2.47. The molecule has 9 heteroatoms. The molecule has 0 saturated carbocycles. The van der Waals surface area contributed by atoms with Crippen LogP contribution in [0.25, 0.3) is 0 Å². The SMILES string of the molecule is COC(=O)C(CC(F)(F)C(=O)OC)NC(=O)OCc1ccccc1. The van der Waals surface area contributed by atoms with E-state index in [4.69, 9.17) is 4.74 Å². The predicted molar refractivity (Wildman–Crippen MR) is 77.1 cm³/mol. The van der Waals surface area contributed by atoms with E-state index < -0.39 is 36.4 Å².